The molecule has 2 heteroatoms. The summed E-state index contributed by atoms with van der Waals surface area (Å²) in [5.74, 6) is 1.79. The van der Waals surface area contributed by atoms with Crippen LogP contribution in [0.2, 0.25) is 0 Å². The molecular formula is C11H15O2. The third kappa shape index (κ3) is 2.01. The molecular weight excluding hydrogens is 164 g/mol. The molecule has 0 aromatic heterocycles. The Labute approximate surface area is 79.2 Å². The van der Waals surface area contributed by atoms with Gasteiger partial charge in [-0.05, 0) is 12.5 Å². The molecule has 1 radical (unpaired) electrons. The van der Waals surface area contributed by atoms with Gasteiger partial charge in [0.15, 0.2) is 0 Å². The van der Waals surface area contributed by atoms with Gasteiger partial charge in [0, 0.05) is 11.5 Å². The summed E-state index contributed by atoms with van der Waals surface area (Å²) in [5.41, 5.74) is 2.08. The first-order valence-corrected chi connectivity index (χ1v) is 4.28. The largest absolute Gasteiger partial charge is 0.496 e. The zero-order valence-electron chi connectivity index (χ0n) is 8.29. The predicted molar refractivity (Wildman–Crippen MR) is 52.8 cm³/mol. The molecule has 0 aliphatic heterocycles. The van der Waals surface area contributed by atoms with Crippen molar-refractivity contribution in [3.05, 3.63) is 35.2 Å². The van der Waals surface area contributed by atoms with Crippen molar-refractivity contribution in [3.63, 3.8) is 0 Å². The van der Waals surface area contributed by atoms with Gasteiger partial charge < -0.3 is 9.84 Å². The lowest BCUT2D eigenvalue weighted by molar-refractivity contribution is 0.312. The summed E-state index contributed by atoms with van der Waals surface area (Å²) in [6.45, 7) is 3.96. The highest BCUT2D eigenvalue weighted by atomic mass is 16.5. The molecule has 0 amide bonds. The second-order valence-corrected chi connectivity index (χ2v) is 3.09. The van der Waals surface area contributed by atoms with Gasteiger partial charge in [-0.25, -0.2) is 0 Å². The summed E-state index contributed by atoms with van der Waals surface area (Å²) < 4.78 is 5.27. The van der Waals surface area contributed by atoms with E-state index in [1.165, 1.54) is 0 Å². The minimum atomic E-state index is 0.0693. The number of methoxy groups -OCH3 is 1. The second-order valence-electron chi connectivity index (χ2n) is 3.09. The lowest BCUT2D eigenvalue weighted by Crippen LogP contribution is -2.03. The third-order valence-corrected chi connectivity index (χ3v) is 2.11. The normalized spacial score (nSPS) is 10.5. The molecule has 2 nitrogen and oxygen atoms in total. The number of benzene rings is 1. The number of ether oxygens (including phenoxy) is 1. The second kappa shape index (κ2) is 4.28. The number of aryl methyl sites for hydroxylation is 1. The number of aliphatic hydroxyl groups is 1. The number of hydrogen-bond acceptors (Lipinski definition) is 2. The van der Waals surface area contributed by atoms with Crippen molar-refractivity contribution in [1.82, 2.24) is 0 Å². The van der Waals surface area contributed by atoms with Crippen LogP contribution in [0.1, 0.15) is 18.1 Å². The van der Waals surface area contributed by atoms with E-state index in [1.54, 1.807) is 7.11 Å². The summed E-state index contributed by atoms with van der Waals surface area (Å²) in [4.78, 5) is 0. The molecule has 1 N–H and O–H groups in total. The van der Waals surface area contributed by atoms with Gasteiger partial charge in [-0.2, -0.15) is 0 Å². The Morgan fingerprint density at radius 3 is 2.69 bits per heavy atom. The van der Waals surface area contributed by atoms with E-state index in [0.717, 1.165) is 22.8 Å². The van der Waals surface area contributed by atoms with Gasteiger partial charge in [-0.15, -0.1) is 0 Å². The van der Waals surface area contributed by atoms with E-state index in [9.17, 15) is 0 Å². The van der Waals surface area contributed by atoms with E-state index < -0.39 is 0 Å². The van der Waals surface area contributed by atoms with Gasteiger partial charge >= 0.3 is 0 Å². The monoisotopic (exact) mass is 179 g/mol. The van der Waals surface area contributed by atoms with Crippen molar-refractivity contribution in [2.24, 2.45) is 0 Å². The molecule has 0 bridgehead atoms. The number of para-hydroxylation sites is 1. The van der Waals surface area contributed by atoms with Crippen LogP contribution in [-0.2, 0) is 0 Å². The molecule has 0 spiro atoms. The lowest BCUT2D eigenvalue weighted by atomic mass is 9.99. The molecule has 0 saturated heterocycles. The minimum absolute atomic E-state index is 0.0693. The molecule has 0 aliphatic rings. The Morgan fingerprint density at radius 2 is 2.15 bits per heavy atom. The smallest absolute Gasteiger partial charge is 0.125 e. The minimum Gasteiger partial charge on any atom is -0.496 e. The van der Waals surface area contributed by atoms with Gasteiger partial charge in [-0.1, -0.05) is 25.1 Å². The first-order chi connectivity index (χ1) is 6.20. The molecule has 0 saturated carbocycles. The van der Waals surface area contributed by atoms with E-state index in [-0.39, 0.29) is 6.61 Å². The van der Waals surface area contributed by atoms with E-state index in [2.05, 4.69) is 0 Å². The topological polar surface area (TPSA) is 29.5 Å². The number of rotatable bonds is 3. The summed E-state index contributed by atoms with van der Waals surface area (Å²) in [6.07, 6.45) is 0. The molecule has 1 aromatic carbocycles. The fourth-order valence-electron chi connectivity index (χ4n) is 1.34. The van der Waals surface area contributed by atoms with Crippen LogP contribution in [0.25, 0.3) is 0 Å². The van der Waals surface area contributed by atoms with E-state index in [4.69, 9.17) is 9.84 Å². The molecule has 1 aromatic rings. The summed E-state index contributed by atoms with van der Waals surface area (Å²) in [6, 6.07) is 5.91. The first kappa shape index (κ1) is 10.1. The predicted octanol–water partition coefficient (Wildman–Crippen LogP) is 1.94. The molecule has 0 heterocycles. The van der Waals surface area contributed by atoms with Crippen LogP contribution < -0.4 is 4.74 Å². The number of hydrogen-bond donors (Lipinski definition) is 1. The van der Waals surface area contributed by atoms with E-state index >= 15 is 0 Å². The maximum Gasteiger partial charge on any atom is 0.125 e. The van der Waals surface area contributed by atoms with E-state index in [1.807, 2.05) is 32.0 Å². The average molecular weight is 179 g/mol. The van der Waals surface area contributed by atoms with Crippen LogP contribution in [0.3, 0.4) is 0 Å². The standard InChI is InChI=1S/C11H15O2/c1-8-5-4-6-10(9(2)7-12)11(8)13-3/h4-6,12H,7H2,1-3H3. The quantitative estimate of drug-likeness (QED) is 0.768. The van der Waals surface area contributed by atoms with Crippen molar-refractivity contribution in [2.45, 2.75) is 13.8 Å². The summed E-state index contributed by atoms with van der Waals surface area (Å²) in [7, 11) is 1.65. The zero-order chi connectivity index (χ0) is 9.84. The third-order valence-electron chi connectivity index (χ3n) is 2.11. The Balaban J connectivity index is 3.12. The molecule has 0 atom stereocenters. The molecule has 71 valence electrons. The Bertz CT molecular complexity index is 281. The van der Waals surface area contributed by atoms with Crippen molar-refractivity contribution < 1.29 is 9.84 Å². The molecule has 0 fully saturated rings. The van der Waals surface area contributed by atoms with Crippen LogP contribution in [0.5, 0.6) is 5.75 Å². The van der Waals surface area contributed by atoms with Gasteiger partial charge in [0.05, 0.1) is 13.7 Å². The molecule has 0 unspecified atom stereocenters. The molecule has 1 rings (SSSR count). The molecule has 13 heavy (non-hydrogen) atoms. The lowest BCUT2D eigenvalue weighted by Gasteiger charge is -2.14. The highest BCUT2D eigenvalue weighted by Gasteiger charge is 2.11. The zero-order valence-corrected chi connectivity index (χ0v) is 8.29. The SMILES string of the molecule is COc1c(C)cccc1[C](C)CO. The van der Waals surface area contributed by atoms with Crippen molar-refractivity contribution in [3.8, 4) is 5.75 Å². The van der Waals surface area contributed by atoms with Crippen molar-refractivity contribution in [1.29, 1.82) is 0 Å². The van der Waals surface area contributed by atoms with Gasteiger partial charge in [0.2, 0.25) is 0 Å². The Morgan fingerprint density at radius 1 is 1.46 bits per heavy atom. The van der Waals surface area contributed by atoms with Crippen molar-refractivity contribution >= 4 is 0 Å². The van der Waals surface area contributed by atoms with Crippen LogP contribution >= 0.6 is 0 Å². The maximum atomic E-state index is 9.01. The van der Waals surface area contributed by atoms with Gasteiger partial charge in [-0.3, -0.25) is 0 Å². The Kier molecular flexibility index (Phi) is 3.32. The maximum absolute atomic E-state index is 9.01. The van der Waals surface area contributed by atoms with Crippen LogP contribution in [0.15, 0.2) is 18.2 Å². The van der Waals surface area contributed by atoms with Crippen molar-refractivity contribution in [2.75, 3.05) is 13.7 Å². The fourth-order valence-corrected chi connectivity index (χ4v) is 1.34. The van der Waals surface area contributed by atoms with Gasteiger partial charge in [0.1, 0.15) is 5.75 Å². The number of aliphatic hydroxyl groups excluding tert-OH is 1. The van der Waals surface area contributed by atoms with Crippen LogP contribution in [0.4, 0.5) is 0 Å². The summed E-state index contributed by atoms with van der Waals surface area (Å²) >= 11 is 0. The van der Waals surface area contributed by atoms with Gasteiger partial charge in [0.25, 0.3) is 0 Å². The average Bonchev–Trinajstić information content (AvgIpc) is 2.16. The highest BCUT2D eigenvalue weighted by molar-refractivity contribution is 5.47. The van der Waals surface area contributed by atoms with Crippen LogP contribution in [-0.4, -0.2) is 18.8 Å². The first-order valence-electron chi connectivity index (χ1n) is 4.28. The van der Waals surface area contributed by atoms with E-state index in [0.29, 0.717) is 0 Å². The molecule has 0 aliphatic carbocycles. The summed E-state index contributed by atoms with van der Waals surface area (Å²) in [5, 5.41) is 9.01. The Hall–Kier alpha value is -1.02. The highest BCUT2D eigenvalue weighted by Crippen LogP contribution is 2.28. The van der Waals surface area contributed by atoms with Crippen LogP contribution in [0, 0.1) is 12.8 Å². The fraction of sp³-hybridized carbons (Fsp3) is 0.364.